The van der Waals surface area contributed by atoms with E-state index in [0.717, 1.165) is 15.4 Å². The fourth-order valence-electron chi connectivity index (χ4n) is 3.14. The highest BCUT2D eigenvalue weighted by Crippen LogP contribution is 2.31. The molecule has 2 aromatic rings. The van der Waals surface area contributed by atoms with Crippen molar-refractivity contribution in [1.29, 1.82) is 0 Å². The summed E-state index contributed by atoms with van der Waals surface area (Å²) in [6, 6.07) is 10.8. The number of benzene rings is 2. The van der Waals surface area contributed by atoms with Crippen LogP contribution >= 0.6 is 0 Å². The number of hydrogen-bond donors (Lipinski definition) is 0. The first-order valence-corrected chi connectivity index (χ1v) is 9.06. The van der Waals surface area contributed by atoms with Gasteiger partial charge in [-0.2, -0.15) is 0 Å². The van der Waals surface area contributed by atoms with Crippen LogP contribution in [-0.4, -0.2) is 25.7 Å². The third-order valence-electron chi connectivity index (χ3n) is 4.27. The van der Waals surface area contributed by atoms with Gasteiger partial charge in [0.25, 0.3) is 10.0 Å². The minimum Gasteiger partial charge on any atom is -0.497 e. The molecule has 0 atom stereocenters. The second-order valence-corrected chi connectivity index (χ2v) is 7.74. The summed E-state index contributed by atoms with van der Waals surface area (Å²) in [6.45, 7) is 3.50. The van der Waals surface area contributed by atoms with Crippen molar-refractivity contribution in [2.24, 2.45) is 0 Å². The zero-order valence-electron chi connectivity index (χ0n) is 13.9. The van der Waals surface area contributed by atoms with E-state index in [0.29, 0.717) is 16.9 Å². The largest absolute Gasteiger partial charge is 0.497 e. The highest BCUT2D eigenvalue weighted by Gasteiger charge is 2.35. The van der Waals surface area contributed by atoms with Gasteiger partial charge in [0.1, 0.15) is 5.75 Å². The van der Waals surface area contributed by atoms with Crippen LogP contribution in [0.15, 0.2) is 41.3 Å². The Kier molecular flexibility index (Phi) is 4.09. The molecule has 1 amide bonds. The second kappa shape index (κ2) is 5.94. The molecular weight excluding hydrogens is 326 g/mol. The third kappa shape index (κ3) is 2.67. The van der Waals surface area contributed by atoms with Crippen molar-refractivity contribution >= 4 is 15.9 Å². The molecule has 1 aliphatic heterocycles. The Morgan fingerprint density at radius 3 is 2.21 bits per heavy atom. The molecule has 126 valence electrons. The molecule has 0 fully saturated rings. The molecule has 0 saturated carbocycles. The molecule has 6 heteroatoms. The number of fused-ring (bicyclic) bond motifs is 1. The van der Waals surface area contributed by atoms with Gasteiger partial charge in [-0.25, -0.2) is 12.7 Å². The van der Waals surface area contributed by atoms with E-state index < -0.39 is 15.9 Å². The van der Waals surface area contributed by atoms with Crippen molar-refractivity contribution in [3.8, 4) is 5.75 Å². The van der Waals surface area contributed by atoms with Crippen LogP contribution in [0.3, 0.4) is 0 Å². The molecule has 0 spiro atoms. The summed E-state index contributed by atoms with van der Waals surface area (Å²) in [5, 5.41) is 0. The van der Waals surface area contributed by atoms with Crippen molar-refractivity contribution in [2.45, 2.75) is 31.7 Å². The van der Waals surface area contributed by atoms with Gasteiger partial charge in [0.05, 0.1) is 25.0 Å². The van der Waals surface area contributed by atoms with Gasteiger partial charge in [0.2, 0.25) is 5.91 Å². The average Bonchev–Trinajstić information content (AvgIpc) is 2.53. The van der Waals surface area contributed by atoms with Gasteiger partial charge in [-0.15, -0.1) is 0 Å². The maximum absolute atomic E-state index is 13.1. The number of carbonyl (C=O) groups is 1. The van der Waals surface area contributed by atoms with Gasteiger partial charge in [-0.3, -0.25) is 4.79 Å². The fraction of sp³-hybridized carbons (Fsp3) is 0.278. The minimum atomic E-state index is -3.91. The Balaban J connectivity index is 2.08. The van der Waals surface area contributed by atoms with Gasteiger partial charge >= 0.3 is 0 Å². The van der Waals surface area contributed by atoms with Gasteiger partial charge < -0.3 is 4.74 Å². The normalized spacial score (nSPS) is 14.5. The SMILES string of the molecule is COc1cc(C)c(S(=O)(=O)N2Cc3ccccc3CC2=O)c(C)c1. The van der Waals surface area contributed by atoms with Gasteiger partial charge in [0, 0.05) is 0 Å². The Morgan fingerprint density at radius 1 is 1.04 bits per heavy atom. The first-order chi connectivity index (χ1) is 11.3. The highest BCUT2D eigenvalue weighted by atomic mass is 32.2. The summed E-state index contributed by atoms with van der Waals surface area (Å²) in [5.74, 6) is 0.197. The highest BCUT2D eigenvalue weighted by molar-refractivity contribution is 7.89. The van der Waals surface area contributed by atoms with Crippen molar-refractivity contribution < 1.29 is 17.9 Å². The van der Waals surface area contributed by atoms with Crippen LogP contribution in [0.25, 0.3) is 0 Å². The first-order valence-electron chi connectivity index (χ1n) is 7.62. The van der Waals surface area contributed by atoms with Crippen LogP contribution in [-0.2, 0) is 27.8 Å². The molecule has 0 bridgehead atoms. The molecule has 0 aromatic heterocycles. The zero-order valence-corrected chi connectivity index (χ0v) is 14.7. The number of aryl methyl sites for hydroxylation is 2. The predicted molar refractivity (Wildman–Crippen MR) is 90.3 cm³/mol. The fourth-order valence-corrected chi connectivity index (χ4v) is 4.94. The maximum atomic E-state index is 13.1. The molecule has 0 unspecified atom stereocenters. The molecule has 0 radical (unpaired) electrons. The van der Waals surface area contributed by atoms with Crippen LogP contribution in [0.4, 0.5) is 0 Å². The topological polar surface area (TPSA) is 63.7 Å². The minimum absolute atomic E-state index is 0.0717. The van der Waals surface area contributed by atoms with E-state index in [2.05, 4.69) is 0 Å². The number of rotatable bonds is 3. The summed E-state index contributed by atoms with van der Waals surface area (Å²) >= 11 is 0. The molecule has 5 nitrogen and oxygen atoms in total. The molecule has 3 rings (SSSR count). The Hall–Kier alpha value is -2.34. The Labute approximate surface area is 141 Å². The van der Waals surface area contributed by atoms with Crippen LogP contribution in [0.5, 0.6) is 5.75 Å². The number of amides is 1. The van der Waals surface area contributed by atoms with E-state index >= 15 is 0 Å². The quantitative estimate of drug-likeness (QED) is 0.858. The monoisotopic (exact) mass is 345 g/mol. The lowest BCUT2D eigenvalue weighted by atomic mass is 10.0. The summed E-state index contributed by atoms with van der Waals surface area (Å²) in [4.78, 5) is 12.6. The lowest BCUT2D eigenvalue weighted by molar-refractivity contribution is -0.126. The summed E-state index contributed by atoms with van der Waals surface area (Å²) in [7, 11) is -2.38. The van der Waals surface area contributed by atoms with Crippen LogP contribution < -0.4 is 4.74 Å². The number of methoxy groups -OCH3 is 1. The van der Waals surface area contributed by atoms with Crippen molar-refractivity contribution in [3.05, 3.63) is 58.7 Å². The Bertz CT molecular complexity index is 895. The third-order valence-corrected chi connectivity index (χ3v) is 6.34. The lowest BCUT2D eigenvalue weighted by Gasteiger charge is -2.29. The van der Waals surface area contributed by atoms with Crippen molar-refractivity contribution in [2.75, 3.05) is 7.11 Å². The van der Waals surface area contributed by atoms with E-state index in [4.69, 9.17) is 4.74 Å². The number of hydrogen-bond acceptors (Lipinski definition) is 4. The van der Waals surface area contributed by atoms with E-state index in [9.17, 15) is 13.2 Å². The summed E-state index contributed by atoms with van der Waals surface area (Å²) in [6.07, 6.45) is 0.101. The van der Waals surface area contributed by atoms with E-state index in [-0.39, 0.29) is 17.9 Å². The summed E-state index contributed by atoms with van der Waals surface area (Å²) < 4.78 is 32.4. The van der Waals surface area contributed by atoms with E-state index in [1.165, 1.54) is 7.11 Å². The van der Waals surface area contributed by atoms with E-state index in [1.807, 2.05) is 24.3 Å². The first kappa shape index (κ1) is 16.5. The van der Waals surface area contributed by atoms with Gasteiger partial charge in [-0.05, 0) is 48.2 Å². The number of carbonyl (C=O) groups excluding carboxylic acids is 1. The van der Waals surface area contributed by atoms with Gasteiger partial charge in [-0.1, -0.05) is 24.3 Å². The maximum Gasteiger partial charge on any atom is 0.267 e. The molecule has 0 aliphatic carbocycles. The molecule has 0 N–H and O–H groups in total. The Morgan fingerprint density at radius 2 is 1.62 bits per heavy atom. The molecule has 0 saturated heterocycles. The molecule has 24 heavy (non-hydrogen) atoms. The molecule has 1 heterocycles. The number of sulfonamides is 1. The molecule has 2 aromatic carbocycles. The molecule has 1 aliphatic rings. The van der Waals surface area contributed by atoms with Gasteiger partial charge in [0.15, 0.2) is 0 Å². The number of nitrogens with zero attached hydrogens (tertiary/aromatic N) is 1. The second-order valence-electron chi connectivity index (χ2n) is 5.94. The van der Waals surface area contributed by atoms with Crippen molar-refractivity contribution in [1.82, 2.24) is 4.31 Å². The van der Waals surface area contributed by atoms with Crippen LogP contribution in [0, 0.1) is 13.8 Å². The smallest absolute Gasteiger partial charge is 0.267 e. The predicted octanol–water partition coefficient (Wildman–Crippen LogP) is 2.59. The average molecular weight is 345 g/mol. The van der Waals surface area contributed by atoms with Crippen LogP contribution in [0.1, 0.15) is 22.3 Å². The lowest BCUT2D eigenvalue weighted by Crippen LogP contribution is -2.41. The standard InChI is InChI=1S/C18H19NO4S/c1-12-8-16(23-3)9-13(2)18(12)24(21,22)19-11-15-7-5-4-6-14(15)10-17(19)20/h4-9H,10-11H2,1-3H3. The zero-order chi connectivity index (χ0) is 17.5. The number of ether oxygens (including phenoxy) is 1. The van der Waals surface area contributed by atoms with E-state index in [1.54, 1.807) is 26.0 Å². The molecular formula is C18H19NO4S. The summed E-state index contributed by atoms with van der Waals surface area (Å²) in [5.41, 5.74) is 2.89. The van der Waals surface area contributed by atoms with Crippen molar-refractivity contribution in [3.63, 3.8) is 0 Å². The van der Waals surface area contributed by atoms with Crippen LogP contribution in [0.2, 0.25) is 0 Å².